The summed E-state index contributed by atoms with van der Waals surface area (Å²) >= 11 is 0. The van der Waals surface area contributed by atoms with Crippen LogP contribution in [0, 0.1) is 6.92 Å². The lowest BCUT2D eigenvalue weighted by Crippen LogP contribution is -2.33. The van der Waals surface area contributed by atoms with Crippen LogP contribution in [-0.4, -0.2) is 24.6 Å². The van der Waals surface area contributed by atoms with Crippen molar-refractivity contribution >= 4 is 23.2 Å². The van der Waals surface area contributed by atoms with Gasteiger partial charge in [0.2, 0.25) is 0 Å². The van der Waals surface area contributed by atoms with E-state index in [2.05, 4.69) is 15.8 Å². The molecule has 0 unspecified atom stereocenters. The van der Waals surface area contributed by atoms with Gasteiger partial charge in [0.05, 0.1) is 12.8 Å². The Bertz CT molecular complexity index is 766. The predicted octanol–water partition coefficient (Wildman–Crippen LogP) is 2.87. The van der Waals surface area contributed by atoms with Gasteiger partial charge in [-0.3, -0.25) is 9.59 Å². The number of hydrogen-bond donors (Lipinski definition) is 2. The predicted molar refractivity (Wildman–Crippen MR) is 97.8 cm³/mol. The van der Waals surface area contributed by atoms with Crippen molar-refractivity contribution in [1.82, 2.24) is 5.43 Å². The van der Waals surface area contributed by atoms with Gasteiger partial charge in [0.25, 0.3) is 0 Å². The fourth-order valence-corrected chi connectivity index (χ4v) is 2.12. The molecule has 25 heavy (non-hydrogen) atoms. The number of anilines is 1. The smallest absolute Gasteiger partial charge is 0.329 e. The fourth-order valence-electron chi connectivity index (χ4n) is 2.12. The minimum atomic E-state index is -0.819. The van der Waals surface area contributed by atoms with Gasteiger partial charge >= 0.3 is 11.8 Å². The van der Waals surface area contributed by atoms with Crippen LogP contribution < -0.4 is 15.5 Å². The molecule has 2 amide bonds. The molecule has 2 aromatic carbocycles. The number of benzene rings is 2. The molecule has 130 valence electrons. The molecule has 0 saturated heterocycles. The molecule has 0 radical (unpaired) electrons. The van der Waals surface area contributed by atoms with Crippen LogP contribution in [0.5, 0.6) is 5.75 Å². The van der Waals surface area contributed by atoms with Gasteiger partial charge in [-0.15, -0.1) is 0 Å². The average Bonchev–Trinajstić information content (AvgIpc) is 2.64. The number of ether oxygens (including phenoxy) is 1. The van der Waals surface area contributed by atoms with E-state index >= 15 is 0 Å². The van der Waals surface area contributed by atoms with Crippen molar-refractivity contribution < 1.29 is 14.3 Å². The van der Waals surface area contributed by atoms with Gasteiger partial charge in [0.15, 0.2) is 0 Å². The highest BCUT2D eigenvalue weighted by atomic mass is 16.5. The molecule has 6 nitrogen and oxygen atoms in total. The van der Waals surface area contributed by atoms with Crippen molar-refractivity contribution in [3.05, 3.63) is 59.7 Å². The van der Waals surface area contributed by atoms with E-state index in [0.717, 1.165) is 16.9 Å². The summed E-state index contributed by atoms with van der Waals surface area (Å²) in [4.78, 5) is 23.8. The maximum Gasteiger partial charge on any atom is 0.329 e. The number of nitrogens with one attached hydrogen (secondary N) is 2. The molecule has 0 aromatic heterocycles. The molecule has 2 aromatic rings. The molecular weight excluding hydrogens is 318 g/mol. The topological polar surface area (TPSA) is 79.8 Å². The molecule has 0 fully saturated rings. The molecule has 6 heteroatoms. The summed E-state index contributed by atoms with van der Waals surface area (Å²) in [6, 6.07) is 14.5. The summed E-state index contributed by atoms with van der Waals surface area (Å²) in [5.41, 5.74) is 5.44. The van der Waals surface area contributed by atoms with Gasteiger partial charge < -0.3 is 10.1 Å². The lowest BCUT2D eigenvalue weighted by molar-refractivity contribution is -0.136. The summed E-state index contributed by atoms with van der Waals surface area (Å²) in [6.07, 6.45) is 0.603. The second-order valence-corrected chi connectivity index (χ2v) is 5.40. The third-order valence-electron chi connectivity index (χ3n) is 3.57. The SMILES string of the molecule is CC/C(=N/NC(=O)C(=O)Nc1ccc(C)cc1)c1ccc(OC)cc1. The summed E-state index contributed by atoms with van der Waals surface area (Å²) in [5.74, 6) is -0.849. The van der Waals surface area contributed by atoms with Crippen LogP contribution in [0.3, 0.4) is 0 Å². The fraction of sp³-hybridized carbons (Fsp3) is 0.211. The first-order chi connectivity index (χ1) is 12.0. The Morgan fingerprint density at radius 2 is 1.64 bits per heavy atom. The van der Waals surface area contributed by atoms with Crippen molar-refractivity contribution in [2.75, 3.05) is 12.4 Å². The van der Waals surface area contributed by atoms with Crippen molar-refractivity contribution in [1.29, 1.82) is 0 Å². The monoisotopic (exact) mass is 339 g/mol. The van der Waals surface area contributed by atoms with E-state index in [-0.39, 0.29) is 0 Å². The number of hydrazone groups is 1. The quantitative estimate of drug-likeness (QED) is 0.499. The number of carbonyl (C=O) groups excluding carboxylic acids is 2. The number of nitrogens with zero attached hydrogens (tertiary/aromatic N) is 1. The summed E-state index contributed by atoms with van der Waals surface area (Å²) in [6.45, 7) is 3.86. The highest BCUT2D eigenvalue weighted by molar-refractivity contribution is 6.39. The zero-order valence-electron chi connectivity index (χ0n) is 14.5. The Labute approximate surface area is 146 Å². The Kier molecular flexibility index (Phi) is 6.28. The number of methoxy groups -OCH3 is 1. The number of aryl methyl sites for hydroxylation is 1. The number of carbonyl (C=O) groups is 2. The number of hydrogen-bond acceptors (Lipinski definition) is 4. The maximum atomic E-state index is 11.9. The van der Waals surface area contributed by atoms with Gasteiger partial charge in [0.1, 0.15) is 5.75 Å². The lowest BCUT2D eigenvalue weighted by atomic mass is 10.1. The summed E-state index contributed by atoms with van der Waals surface area (Å²) < 4.78 is 5.11. The Balaban J connectivity index is 2.00. The second-order valence-electron chi connectivity index (χ2n) is 5.40. The summed E-state index contributed by atoms with van der Waals surface area (Å²) in [5, 5.41) is 6.59. The second kappa shape index (κ2) is 8.63. The minimum absolute atomic E-state index is 0.556. The number of rotatable bonds is 5. The molecule has 0 bridgehead atoms. The highest BCUT2D eigenvalue weighted by Gasteiger charge is 2.13. The molecule has 2 rings (SSSR count). The molecule has 0 aliphatic rings. The van der Waals surface area contributed by atoms with Crippen LogP contribution in [0.4, 0.5) is 5.69 Å². The molecular formula is C19H21N3O3. The van der Waals surface area contributed by atoms with E-state index < -0.39 is 11.8 Å². The average molecular weight is 339 g/mol. The summed E-state index contributed by atoms with van der Waals surface area (Å²) in [7, 11) is 1.59. The van der Waals surface area contributed by atoms with Crippen molar-refractivity contribution in [3.8, 4) is 5.75 Å². The van der Waals surface area contributed by atoms with Gasteiger partial charge in [0, 0.05) is 5.69 Å². The zero-order chi connectivity index (χ0) is 18.2. The van der Waals surface area contributed by atoms with Gasteiger partial charge in [-0.1, -0.05) is 24.6 Å². The first kappa shape index (κ1) is 18.2. The Morgan fingerprint density at radius 3 is 2.20 bits per heavy atom. The zero-order valence-corrected chi connectivity index (χ0v) is 14.5. The van der Waals surface area contributed by atoms with Gasteiger partial charge in [-0.25, -0.2) is 5.43 Å². The van der Waals surface area contributed by atoms with E-state index in [1.165, 1.54) is 0 Å². The Hall–Kier alpha value is -3.15. The van der Waals surface area contributed by atoms with Gasteiger partial charge in [-0.2, -0.15) is 5.10 Å². The molecule has 0 heterocycles. The van der Waals surface area contributed by atoms with Crippen LogP contribution in [-0.2, 0) is 9.59 Å². The minimum Gasteiger partial charge on any atom is -0.497 e. The molecule has 2 N–H and O–H groups in total. The van der Waals surface area contributed by atoms with E-state index in [0.29, 0.717) is 17.8 Å². The highest BCUT2D eigenvalue weighted by Crippen LogP contribution is 2.13. The molecule has 0 atom stereocenters. The van der Waals surface area contributed by atoms with E-state index in [1.807, 2.05) is 50.2 Å². The third-order valence-corrected chi connectivity index (χ3v) is 3.57. The van der Waals surface area contributed by atoms with E-state index in [9.17, 15) is 9.59 Å². The van der Waals surface area contributed by atoms with Crippen molar-refractivity contribution in [3.63, 3.8) is 0 Å². The van der Waals surface area contributed by atoms with Crippen LogP contribution in [0.2, 0.25) is 0 Å². The number of amides is 2. The molecule has 0 aliphatic heterocycles. The third kappa shape index (κ3) is 5.17. The maximum absolute atomic E-state index is 11.9. The standard InChI is InChI=1S/C19H21N3O3/c1-4-17(14-7-11-16(25-3)12-8-14)21-22-19(24)18(23)20-15-9-5-13(2)6-10-15/h5-12H,4H2,1-3H3,(H,20,23)(H,22,24)/b21-17-. The lowest BCUT2D eigenvalue weighted by Gasteiger charge is -2.07. The van der Waals surface area contributed by atoms with Crippen LogP contribution in [0.15, 0.2) is 53.6 Å². The van der Waals surface area contributed by atoms with Crippen LogP contribution in [0.1, 0.15) is 24.5 Å². The first-order valence-electron chi connectivity index (χ1n) is 7.92. The van der Waals surface area contributed by atoms with Crippen LogP contribution in [0.25, 0.3) is 0 Å². The van der Waals surface area contributed by atoms with E-state index in [1.54, 1.807) is 19.2 Å². The van der Waals surface area contributed by atoms with Gasteiger partial charge in [-0.05, 0) is 55.3 Å². The normalized spacial score (nSPS) is 10.9. The molecule has 0 saturated carbocycles. The van der Waals surface area contributed by atoms with Crippen molar-refractivity contribution in [2.24, 2.45) is 5.10 Å². The first-order valence-corrected chi connectivity index (χ1v) is 7.92. The Morgan fingerprint density at radius 1 is 1.00 bits per heavy atom. The van der Waals surface area contributed by atoms with E-state index in [4.69, 9.17) is 4.74 Å². The largest absolute Gasteiger partial charge is 0.497 e. The molecule has 0 spiro atoms. The molecule has 0 aliphatic carbocycles. The van der Waals surface area contributed by atoms with Crippen molar-refractivity contribution in [2.45, 2.75) is 20.3 Å². The van der Waals surface area contributed by atoms with Crippen LogP contribution >= 0.6 is 0 Å².